The summed E-state index contributed by atoms with van der Waals surface area (Å²) in [6.07, 6.45) is 5.44. The fourth-order valence-corrected chi connectivity index (χ4v) is 1.96. The van der Waals surface area contributed by atoms with Crippen molar-refractivity contribution in [3.63, 3.8) is 0 Å². The van der Waals surface area contributed by atoms with E-state index in [2.05, 4.69) is 4.99 Å². The van der Waals surface area contributed by atoms with E-state index in [0.29, 0.717) is 12.5 Å². The first kappa shape index (κ1) is 11.9. The van der Waals surface area contributed by atoms with Crippen molar-refractivity contribution in [2.75, 3.05) is 6.61 Å². The van der Waals surface area contributed by atoms with Crippen molar-refractivity contribution in [3.8, 4) is 5.75 Å². The number of hydrogen-bond acceptors (Lipinski definition) is 3. The summed E-state index contributed by atoms with van der Waals surface area (Å²) in [5.74, 6) is 1.56. The highest BCUT2D eigenvalue weighted by Crippen LogP contribution is 2.28. The summed E-state index contributed by atoms with van der Waals surface area (Å²) in [4.78, 5) is 13.8. The molecule has 3 nitrogen and oxygen atoms in total. The molecule has 3 heteroatoms. The molecule has 1 aromatic rings. The molecule has 1 saturated carbocycles. The van der Waals surface area contributed by atoms with Crippen molar-refractivity contribution < 1.29 is 9.53 Å². The number of nitrogens with zero attached hydrogens (tertiary/aromatic N) is 1. The molecule has 1 aliphatic rings. The van der Waals surface area contributed by atoms with Crippen LogP contribution in [0.5, 0.6) is 5.75 Å². The van der Waals surface area contributed by atoms with Gasteiger partial charge < -0.3 is 4.74 Å². The van der Waals surface area contributed by atoms with Crippen LogP contribution in [0.15, 0.2) is 23.2 Å². The van der Waals surface area contributed by atoms with Crippen molar-refractivity contribution >= 4 is 6.08 Å². The number of carbonyl (C=O) groups excluding carboxylic acids is 1. The summed E-state index contributed by atoms with van der Waals surface area (Å²) < 4.78 is 5.80. The lowest BCUT2D eigenvalue weighted by Gasteiger charge is -2.25. The average Bonchev–Trinajstić information content (AvgIpc) is 2.26. The summed E-state index contributed by atoms with van der Waals surface area (Å²) in [6.45, 7) is 3.15. The van der Waals surface area contributed by atoms with Gasteiger partial charge in [-0.05, 0) is 31.7 Å². The van der Waals surface area contributed by atoms with Crippen LogP contribution in [-0.4, -0.2) is 12.7 Å². The van der Waals surface area contributed by atoms with E-state index in [1.807, 2.05) is 25.1 Å². The molecule has 1 aliphatic carbocycles. The lowest BCUT2D eigenvalue weighted by Crippen LogP contribution is -2.19. The molecule has 0 bridgehead atoms. The van der Waals surface area contributed by atoms with E-state index in [1.165, 1.54) is 19.3 Å². The lowest BCUT2D eigenvalue weighted by molar-refractivity contribution is 0.179. The van der Waals surface area contributed by atoms with Crippen molar-refractivity contribution in [2.45, 2.75) is 32.7 Å². The number of rotatable bonds is 5. The minimum Gasteiger partial charge on any atom is -0.493 e. The van der Waals surface area contributed by atoms with Gasteiger partial charge in [-0.1, -0.05) is 24.1 Å². The van der Waals surface area contributed by atoms with Gasteiger partial charge in [0, 0.05) is 5.56 Å². The van der Waals surface area contributed by atoms with Gasteiger partial charge in [-0.15, -0.1) is 0 Å². The van der Waals surface area contributed by atoms with Crippen molar-refractivity contribution in [1.82, 2.24) is 0 Å². The molecule has 2 rings (SSSR count). The van der Waals surface area contributed by atoms with Crippen LogP contribution in [0.2, 0.25) is 0 Å². The van der Waals surface area contributed by atoms with Gasteiger partial charge in [-0.3, -0.25) is 0 Å². The number of hydrogen-bond donors (Lipinski definition) is 0. The van der Waals surface area contributed by atoms with Crippen LogP contribution in [0, 0.1) is 12.8 Å². The summed E-state index contributed by atoms with van der Waals surface area (Å²) in [6, 6.07) is 5.99. The third-order valence-electron chi connectivity index (χ3n) is 3.23. The Morgan fingerprint density at radius 2 is 2.29 bits per heavy atom. The summed E-state index contributed by atoms with van der Waals surface area (Å²) in [5, 5.41) is 0. The number of isocyanates is 1. The molecule has 0 aliphatic heterocycles. The standard InChI is InChI=1S/C14H17NO2/c1-11-5-6-14(13(7-11)8-15-10-16)17-9-12-3-2-4-12/h5-7,12H,2-4,8-9H2,1H3. The second-order valence-corrected chi connectivity index (χ2v) is 4.63. The molecule has 0 spiro atoms. The monoisotopic (exact) mass is 231 g/mol. The molecule has 0 aromatic heterocycles. The second-order valence-electron chi connectivity index (χ2n) is 4.63. The Bertz CT molecular complexity index is 432. The molecule has 1 fully saturated rings. The third-order valence-corrected chi connectivity index (χ3v) is 3.23. The molecular weight excluding hydrogens is 214 g/mol. The molecular formula is C14H17NO2. The minimum absolute atomic E-state index is 0.352. The summed E-state index contributed by atoms with van der Waals surface area (Å²) >= 11 is 0. The SMILES string of the molecule is Cc1ccc(OCC2CCC2)c(CN=C=O)c1. The van der Waals surface area contributed by atoms with E-state index in [-0.39, 0.29) is 0 Å². The van der Waals surface area contributed by atoms with Gasteiger partial charge in [0.15, 0.2) is 0 Å². The van der Waals surface area contributed by atoms with Gasteiger partial charge in [0.25, 0.3) is 0 Å². The predicted octanol–water partition coefficient (Wildman–Crippen LogP) is 3.01. The van der Waals surface area contributed by atoms with Crippen molar-refractivity contribution in [1.29, 1.82) is 0 Å². The molecule has 1 aromatic carbocycles. The maximum absolute atomic E-state index is 10.2. The molecule has 0 saturated heterocycles. The van der Waals surface area contributed by atoms with Crippen molar-refractivity contribution in [3.05, 3.63) is 29.3 Å². The molecule has 0 amide bonds. The van der Waals surface area contributed by atoms with E-state index in [0.717, 1.165) is 23.5 Å². The van der Waals surface area contributed by atoms with Crippen molar-refractivity contribution in [2.24, 2.45) is 10.9 Å². The number of aliphatic imine (C=N–C) groups is 1. The van der Waals surface area contributed by atoms with Gasteiger partial charge >= 0.3 is 0 Å². The van der Waals surface area contributed by atoms with Gasteiger partial charge in [0.05, 0.1) is 13.2 Å². The van der Waals surface area contributed by atoms with E-state index < -0.39 is 0 Å². The Kier molecular flexibility index (Phi) is 3.94. The zero-order valence-electron chi connectivity index (χ0n) is 10.1. The molecule has 0 unspecified atom stereocenters. The van der Waals surface area contributed by atoms with Gasteiger partial charge in [0.1, 0.15) is 5.75 Å². The Morgan fingerprint density at radius 1 is 1.47 bits per heavy atom. The quantitative estimate of drug-likeness (QED) is 0.577. The smallest absolute Gasteiger partial charge is 0.235 e. The molecule has 0 N–H and O–H groups in total. The Hall–Kier alpha value is -1.60. The number of benzene rings is 1. The second kappa shape index (κ2) is 5.65. The highest BCUT2D eigenvalue weighted by atomic mass is 16.5. The topological polar surface area (TPSA) is 38.7 Å². The van der Waals surface area contributed by atoms with E-state index >= 15 is 0 Å². The first-order chi connectivity index (χ1) is 8.29. The van der Waals surface area contributed by atoms with Gasteiger partial charge in [-0.2, -0.15) is 0 Å². The number of ether oxygens (including phenoxy) is 1. The summed E-state index contributed by atoms with van der Waals surface area (Å²) in [5.41, 5.74) is 2.12. The average molecular weight is 231 g/mol. The van der Waals surface area contributed by atoms with E-state index in [9.17, 15) is 4.79 Å². The number of aryl methyl sites for hydroxylation is 1. The molecule has 0 heterocycles. The Balaban J connectivity index is 2.04. The highest BCUT2D eigenvalue weighted by Gasteiger charge is 2.18. The van der Waals surface area contributed by atoms with Crippen LogP contribution in [0.4, 0.5) is 0 Å². The predicted molar refractivity (Wildman–Crippen MR) is 65.8 cm³/mol. The van der Waals surface area contributed by atoms with E-state index in [4.69, 9.17) is 4.74 Å². The van der Waals surface area contributed by atoms with Crippen LogP contribution in [0.1, 0.15) is 30.4 Å². The van der Waals surface area contributed by atoms with Crippen LogP contribution >= 0.6 is 0 Å². The zero-order valence-corrected chi connectivity index (χ0v) is 10.1. The van der Waals surface area contributed by atoms with Crippen LogP contribution in [-0.2, 0) is 11.3 Å². The van der Waals surface area contributed by atoms with Gasteiger partial charge in [0.2, 0.25) is 6.08 Å². The molecule has 0 atom stereocenters. The van der Waals surface area contributed by atoms with Crippen LogP contribution in [0.3, 0.4) is 0 Å². The Labute approximate surface area is 102 Å². The maximum Gasteiger partial charge on any atom is 0.235 e. The van der Waals surface area contributed by atoms with Crippen LogP contribution < -0.4 is 4.74 Å². The highest BCUT2D eigenvalue weighted by molar-refractivity contribution is 5.39. The molecule has 17 heavy (non-hydrogen) atoms. The van der Waals surface area contributed by atoms with Gasteiger partial charge in [-0.25, -0.2) is 9.79 Å². The van der Waals surface area contributed by atoms with E-state index in [1.54, 1.807) is 6.08 Å². The first-order valence-corrected chi connectivity index (χ1v) is 6.05. The first-order valence-electron chi connectivity index (χ1n) is 6.05. The minimum atomic E-state index is 0.352. The fourth-order valence-electron chi connectivity index (χ4n) is 1.96. The normalized spacial score (nSPS) is 14.9. The molecule has 90 valence electrons. The largest absolute Gasteiger partial charge is 0.493 e. The Morgan fingerprint density at radius 3 is 2.94 bits per heavy atom. The summed E-state index contributed by atoms with van der Waals surface area (Å²) in [7, 11) is 0. The zero-order chi connectivity index (χ0) is 12.1. The lowest BCUT2D eigenvalue weighted by atomic mass is 9.86. The van der Waals surface area contributed by atoms with Crippen LogP contribution in [0.25, 0.3) is 0 Å². The molecule has 0 radical (unpaired) electrons. The fraction of sp³-hybridized carbons (Fsp3) is 0.500. The maximum atomic E-state index is 10.2. The third kappa shape index (κ3) is 3.18.